The van der Waals surface area contributed by atoms with Crippen LogP contribution in [0.25, 0.3) is 0 Å². The van der Waals surface area contributed by atoms with E-state index in [0.29, 0.717) is 0 Å². The molecule has 21 heavy (non-hydrogen) atoms. The molecule has 116 valence electrons. The number of rotatable bonds is 7. The SMILES string of the molecule is CC[C@H](C)[C@H](NCC(=O)Nc1ccc(C)cc1C)C(=O)O. The summed E-state index contributed by atoms with van der Waals surface area (Å²) in [5.41, 5.74) is 2.87. The van der Waals surface area contributed by atoms with E-state index in [2.05, 4.69) is 10.6 Å². The first-order chi connectivity index (χ1) is 9.85. The normalized spacial score (nSPS) is 13.5. The second kappa shape index (κ2) is 7.78. The Morgan fingerprint density at radius 2 is 1.95 bits per heavy atom. The van der Waals surface area contributed by atoms with Gasteiger partial charge in [0.2, 0.25) is 5.91 Å². The van der Waals surface area contributed by atoms with Crippen molar-refractivity contribution in [1.82, 2.24) is 5.32 Å². The molecule has 1 aromatic rings. The molecule has 0 aliphatic rings. The number of benzene rings is 1. The van der Waals surface area contributed by atoms with E-state index in [-0.39, 0.29) is 18.4 Å². The second-order valence-corrected chi connectivity index (χ2v) is 5.45. The Morgan fingerprint density at radius 3 is 2.48 bits per heavy atom. The number of carbonyl (C=O) groups excluding carboxylic acids is 1. The minimum atomic E-state index is -0.927. The highest BCUT2D eigenvalue weighted by molar-refractivity contribution is 5.93. The smallest absolute Gasteiger partial charge is 0.320 e. The summed E-state index contributed by atoms with van der Waals surface area (Å²) in [6, 6.07) is 5.06. The van der Waals surface area contributed by atoms with Crippen molar-refractivity contribution in [2.24, 2.45) is 5.92 Å². The number of anilines is 1. The molecule has 0 saturated carbocycles. The Balaban J connectivity index is 2.59. The molecule has 5 heteroatoms. The van der Waals surface area contributed by atoms with Gasteiger partial charge in [-0.2, -0.15) is 0 Å². The lowest BCUT2D eigenvalue weighted by Crippen LogP contribution is -2.45. The molecule has 1 aromatic carbocycles. The Morgan fingerprint density at radius 1 is 1.29 bits per heavy atom. The summed E-state index contributed by atoms with van der Waals surface area (Å²) < 4.78 is 0. The summed E-state index contributed by atoms with van der Waals surface area (Å²) >= 11 is 0. The van der Waals surface area contributed by atoms with E-state index in [9.17, 15) is 9.59 Å². The van der Waals surface area contributed by atoms with E-state index >= 15 is 0 Å². The van der Waals surface area contributed by atoms with Gasteiger partial charge in [-0.05, 0) is 31.4 Å². The monoisotopic (exact) mass is 292 g/mol. The van der Waals surface area contributed by atoms with E-state index < -0.39 is 12.0 Å². The summed E-state index contributed by atoms with van der Waals surface area (Å²) in [4.78, 5) is 23.1. The highest BCUT2D eigenvalue weighted by atomic mass is 16.4. The molecule has 0 saturated heterocycles. The molecule has 0 heterocycles. The molecule has 1 amide bonds. The van der Waals surface area contributed by atoms with Crippen molar-refractivity contribution in [2.45, 2.75) is 40.2 Å². The Bertz CT molecular complexity index is 514. The van der Waals surface area contributed by atoms with Crippen LogP contribution >= 0.6 is 0 Å². The zero-order chi connectivity index (χ0) is 16.0. The van der Waals surface area contributed by atoms with Crippen LogP contribution in [0.5, 0.6) is 0 Å². The third-order valence-electron chi connectivity index (χ3n) is 3.62. The highest BCUT2D eigenvalue weighted by Gasteiger charge is 2.23. The van der Waals surface area contributed by atoms with Gasteiger partial charge < -0.3 is 10.4 Å². The van der Waals surface area contributed by atoms with Crippen molar-refractivity contribution in [3.8, 4) is 0 Å². The minimum Gasteiger partial charge on any atom is -0.480 e. The fraction of sp³-hybridized carbons (Fsp3) is 0.500. The lowest BCUT2D eigenvalue weighted by molar-refractivity contribution is -0.140. The van der Waals surface area contributed by atoms with Crippen molar-refractivity contribution in [1.29, 1.82) is 0 Å². The van der Waals surface area contributed by atoms with Crippen LogP contribution in [-0.2, 0) is 9.59 Å². The van der Waals surface area contributed by atoms with Gasteiger partial charge in [0.25, 0.3) is 0 Å². The molecule has 0 aliphatic heterocycles. The number of carbonyl (C=O) groups is 2. The van der Waals surface area contributed by atoms with Crippen molar-refractivity contribution in [2.75, 3.05) is 11.9 Å². The standard InChI is InChI=1S/C16H24N2O3/c1-5-11(3)15(16(20)21)17-9-14(19)18-13-7-6-10(2)8-12(13)4/h6-8,11,15,17H,5,9H2,1-4H3,(H,18,19)(H,20,21)/t11-,15-/m0/s1. The summed E-state index contributed by atoms with van der Waals surface area (Å²) in [7, 11) is 0. The molecule has 5 nitrogen and oxygen atoms in total. The predicted octanol–water partition coefficient (Wildman–Crippen LogP) is 2.33. The Hall–Kier alpha value is -1.88. The predicted molar refractivity (Wildman–Crippen MR) is 83.4 cm³/mol. The molecule has 0 fully saturated rings. The van der Waals surface area contributed by atoms with Crippen molar-refractivity contribution in [3.05, 3.63) is 29.3 Å². The summed E-state index contributed by atoms with van der Waals surface area (Å²) in [5.74, 6) is -1.20. The molecular formula is C16H24N2O3. The molecule has 0 aromatic heterocycles. The van der Waals surface area contributed by atoms with Gasteiger partial charge in [0.05, 0.1) is 6.54 Å². The number of aryl methyl sites for hydroxylation is 2. The average molecular weight is 292 g/mol. The molecule has 2 atom stereocenters. The molecule has 0 unspecified atom stereocenters. The fourth-order valence-electron chi connectivity index (χ4n) is 2.12. The second-order valence-electron chi connectivity index (χ2n) is 5.45. The summed E-state index contributed by atoms with van der Waals surface area (Å²) in [5, 5.41) is 14.8. The number of carboxylic acid groups (broad SMARTS) is 1. The zero-order valence-electron chi connectivity index (χ0n) is 13.1. The largest absolute Gasteiger partial charge is 0.480 e. The minimum absolute atomic E-state index is 0.0192. The zero-order valence-corrected chi connectivity index (χ0v) is 13.1. The van der Waals surface area contributed by atoms with E-state index in [1.54, 1.807) is 0 Å². The topological polar surface area (TPSA) is 78.4 Å². The first kappa shape index (κ1) is 17.2. The van der Waals surface area contributed by atoms with Crippen LogP contribution in [0.4, 0.5) is 5.69 Å². The number of amides is 1. The van der Waals surface area contributed by atoms with Gasteiger partial charge >= 0.3 is 5.97 Å². The van der Waals surface area contributed by atoms with Gasteiger partial charge in [-0.1, -0.05) is 38.0 Å². The lowest BCUT2D eigenvalue weighted by Gasteiger charge is -2.20. The van der Waals surface area contributed by atoms with Gasteiger partial charge in [-0.15, -0.1) is 0 Å². The molecule has 0 aliphatic carbocycles. The molecule has 3 N–H and O–H groups in total. The molecule has 1 rings (SSSR count). The maximum Gasteiger partial charge on any atom is 0.320 e. The van der Waals surface area contributed by atoms with Crippen LogP contribution in [0.3, 0.4) is 0 Å². The van der Waals surface area contributed by atoms with Crippen LogP contribution in [0, 0.1) is 19.8 Å². The number of nitrogens with one attached hydrogen (secondary N) is 2. The van der Waals surface area contributed by atoms with E-state index in [1.807, 2.05) is 45.9 Å². The van der Waals surface area contributed by atoms with Crippen LogP contribution in [-0.4, -0.2) is 29.6 Å². The van der Waals surface area contributed by atoms with Crippen molar-refractivity contribution >= 4 is 17.6 Å². The number of hydrogen-bond acceptors (Lipinski definition) is 3. The van der Waals surface area contributed by atoms with E-state index in [1.165, 1.54) is 0 Å². The molecule has 0 bridgehead atoms. The summed E-state index contributed by atoms with van der Waals surface area (Å²) in [6.07, 6.45) is 0.739. The number of hydrogen-bond donors (Lipinski definition) is 3. The molecular weight excluding hydrogens is 268 g/mol. The van der Waals surface area contributed by atoms with Crippen molar-refractivity contribution in [3.63, 3.8) is 0 Å². The van der Waals surface area contributed by atoms with Crippen molar-refractivity contribution < 1.29 is 14.7 Å². The molecule has 0 radical (unpaired) electrons. The molecule has 0 spiro atoms. The number of carboxylic acids is 1. The fourth-order valence-corrected chi connectivity index (χ4v) is 2.12. The van der Waals surface area contributed by atoms with Crippen LogP contribution in [0.2, 0.25) is 0 Å². The van der Waals surface area contributed by atoms with E-state index in [0.717, 1.165) is 23.2 Å². The Labute approximate surface area is 125 Å². The maximum absolute atomic E-state index is 11.9. The van der Waals surface area contributed by atoms with Gasteiger partial charge in [-0.25, -0.2) is 0 Å². The van der Waals surface area contributed by atoms with Gasteiger partial charge in [0.15, 0.2) is 0 Å². The van der Waals surface area contributed by atoms with Crippen LogP contribution in [0.15, 0.2) is 18.2 Å². The van der Waals surface area contributed by atoms with Crippen LogP contribution in [0.1, 0.15) is 31.4 Å². The van der Waals surface area contributed by atoms with E-state index in [4.69, 9.17) is 5.11 Å². The summed E-state index contributed by atoms with van der Waals surface area (Å²) in [6.45, 7) is 7.68. The Kier molecular flexibility index (Phi) is 6.37. The quantitative estimate of drug-likeness (QED) is 0.720. The average Bonchev–Trinajstić information content (AvgIpc) is 2.41. The van der Waals surface area contributed by atoms with Crippen LogP contribution < -0.4 is 10.6 Å². The third kappa shape index (κ3) is 5.19. The first-order valence-corrected chi connectivity index (χ1v) is 7.18. The maximum atomic E-state index is 11.9. The number of aliphatic carboxylic acids is 1. The first-order valence-electron chi connectivity index (χ1n) is 7.18. The lowest BCUT2D eigenvalue weighted by atomic mass is 9.99. The van der Waals surface area contributed by atoms with Gasteiger partial charge in [-0.3, -0.25) is 14.9 Å². The highest BCUT2D eigenvalue weighted by Crippen LogP contribution is 2.15. The van der Waals surface area contributed by atoms with Gasteiger partial charge in [0, 0.05) is 5.69 Å². The van der Waals surface area contributed by atoms with Gasteiger partial charge in [0.1, 0.15) is 6.04 Å². The third-order valence-corrected chi connectivity index (χ3v) is 3.62.